The molecule has 1 aromatic heterocycles. The Morgan fingerprint density at radius 2 is 1.95 bits per heavy atom. The van der Waals surface area contributed by atoms with Gasteiger partial charge in [-0.3, -0.25) is 0 Å². The fourth-order valence-electron chi connectivity index (χ4n) is 1.92. The number of halogens is 1. The zero-order chi connectivity index (χ0) is 15.5. The van der Waals surface area contributed by atoms with E-state index in [0.29, 0.717) is 12.0 Å². The zero-order valence-electron chi connectivity index (χ0n) is 11.4. The molecule has 0 saturated heterocycles. The van der Waals surface area contributed by atoms with Crippen molar-refractivity contribution in [1.29, 1.82) is 0 Å². The molecule has 0 aliphatic rings. The molecule has 0 spiro atoms. The first kappa shape index (κ1) is 16.1. The number of sulfonamides is 1. The van der Waals surface area contributed by atoms with Crippen molar-refractivity contribution in [3.63, 3.8) is 0 Å². The van der Waals surface area contributed by atoms with Gasteiger partial charge in [-0.05, 0) is 48.1 Å². The summed E-state index contributed by atoms with van der Waals surface area (Å²) in [5, 5.41) is 10.6. The number of nitrogens with one attached hydrogen (secondary N) is 1. The smallest absolute Gasteiger partial charge is 0.250 e. The van der Waals surface area contributed by atoms with Crippen LogP contribution in [0.1, 0.15) is 18.1 Å². The Kier molecular flexibility index (Phi) is 5.10. The van der Waals surface area contributed by atoms with Crippen molar-refractivity contribution in [1.82, 2.24) is 4.72 Å². The van der Waals surface area contributed by atoms with Crippen LogP contribution in [0.25, 0.3) is 0 Å². The first-order valence-corrected chi connectivity index (χ1v) is 8.72. The van der Waals surface area contributed by atoms with Crippen molar-refractivity contribution in [3.8, 4) is 0 Å². The van der Waals surface area contributed by atoms with Gasteiger partial charge in [-0.2, -0.15) is 0 Å². The molecule has 1 atom stereocenters. The maximum Gasteiger partial charge on any atom is 0.250 e. The molecule has 0 aliphatic heterocycles. The van der Waals surface area contributed by atoms with Gasteiger partial charge in [0.1, 0.15) is 10.0 Å². The van der Waals surface area contributed by atoms with E-state index in [-0.39, 0.29) is 22.7 Å². The van der Waals surface area contributed by atoms with Gasteiger partial charge in [0.25, 0.3) is 0 Å². The first-order valence-electron chi connectivity index (χ1n) is 6.36. The molecule has 21 heavy (non-hydrogen) atoms. The van der Waals surface area contributed by atoms with Crippen LogP contribution < -0.4 is 4.72 Å². The van der Waals surface area contributed by atoms with Gasteiger partial charge in [-0.25, -0.2) is 17.5 Å². The first-order chi connectivity index (χ1) is 9.90. The largest absolute Gasteiger partial charge is 0.392 e. The summed E-state index contributed by atoms with van der Waals surface area (Å²) in [7, 11) is -3.59. The summed E-state index contributed by atoms with van der Waals surface area (Å²) in [6, 6.07) is 7.11. The van der Waals surface area contributed by atoms with Gasteiger partial charge in [0, 0.05) is 6.04 Å². The number of aliphatic hydroxyl groups excluding tert-OH is 1. The lowest BCUT2D eigenvalue weighted by molar-refractivity contribution is 0.282. The van der Waals surface area contributed by atoms with Crippen LogP contribution in [0.15, 0.2) is 39.9 Å². The molecule has 2 rings (SSSR count). The van der Waals surface area contributed by atoms with E-state index < -0.39 is 10.0 Å². The van der Waals surface area contributed by atoms with Crippen LogP contribution >= 0.6 is 11.3 Å². The van der Waals surface area contributed by atoms with E-state index in [1.807, 2.05) is 0 Å². The second-order valence-corrected chi connectivity index (χ2v) is 7.64. The highest BCUT2D eigenvalue weighted by Gasteiger charge is 2.19. The fourth-order valence-corrected chi connectivity index (χ4v) is 4.38. The van der Waals surface area contributed by atoms with E-state index in [1.54, 1.807) is 24.4 Å². The molecule has 1 aromatic carbocycles. The maximum atomic E-state index is 12.8. The highest BCUT2D eigenvalue weighted by atomic mass is 32.2. The third kappa shape index (κ3) is 4.34. The number of rotatable bonds is 6. The topological polar surface area (TPSA) is 66.4 Å². The predicted molar refractivity (Wildman–Crippen MR) is 80.1 cm³/mol. The minimum atomic E-state index is -3.59. The van der Waals surface area contributed by atoms with Crippen LogP contribution in [0.3, 0.4) is 0 Å². The van der Waals surface area contributed by atoms with E-state index in [0.717, 1.165) is 16.9 Å². The number of hydrogen-bond donors (Lipinski definition) is 2. The van der Waals surface area contributed by atoms with Crippen LogP contribution in [0.4, 0.5) is 4.39 Å². The van der Waals surface area contributed by atoms with Crippen LogP contribution in [-0.4, -0.2) is 19.6 Å². The van der Waals surface area contributed by atoms with Gasteiger partial charge in [-0.15, -0.1) is 11.3 Å². The Hall–Kier alpha value is -1.28. The third-order valence-electron chi connectivity index (χ3n) is 2.89. The van der Waals surface area contributed by atoms with E-state index in [9.17, 15) is 12.8 Å². The highest BCUT2D eigenvalue weighted by Crippen LogP contribution is 2.20. The molecule has 114 valence electrons. The molecule has 2 aromatic rings. The average molecular weight is 329 g/mol. The van der Waals surface area contributed by atoms with Gasteiger partial charge >= 0.3 is 0 Å². The molecule has 0 bridgehead atoms. The minimum Gasteiger partial charge on any atom is -0.392 e. The van der Waals surface area contributed by atoms with E-state index in [1.165, 1.54) is 18.2 Å². The molecule has 0 fully saturated rings. The molecule has 7 heteroatoms. The Labute approximate surface area is 127 Å². The van der Waals surface area contributed by atoms with Crippen LogP contribution in [0.2, 0.25) is 0 Å². The average Bonchev–Trinajstić information content (AvgIpc) is 2.90. The molecule has 2 N–H and O–H groups in total. The normalized spacial score (nSPS) is 13.3. The summed E-state index contributed by atoms with van der Waals surface area (Å²) in [5.74, 6) is -0.317. The molecule has 4 nitrogen and oxygen atoms in total. The van der Waals surface area contributed by atoms with Crippen LogP contribution in [0.5, 0.6) is 0 Å². The molecule has 1 unspecified atom stereocenters. The Balaban J connectivity index is 2.03. The number of aliphatic hydroxyl groups is 1. The van der Waals surface area contributed by atoms with Gasteiger partial charge in [0.05, 0.1) is 6.61 Å². The van der Waals surface area contributed by atoms with Crippen molar-refractivity contribution in [2.45, 2.75) is 30.2 Å². The number of thiophene rings is 1. The third-order valence-corrected chi connectivity index (χ3v) is 5.97. The summed E-state index contributed by atoms with van der Waals surface area (Å²) < 4.78 is 39.9. The second-order valence-electron chi connectivity index (χ2n) is 4.79. The summed E-state index contributed by atoms with van der Waals surface area (Å²) >= 11 is 1.07. The SMILES string of the molecule is CC(Cc1ccc(F)cc1)NS(=O)(=O)c1cc(CO)cs1. The van der Waals surface area contributed by atoms with Gasteiger partial charge in [0.15, 0.2) is 0 Å². The van der Waals surface area contributed by atoms with Crippen molar-refractivity contribution < 1.29 is 17.9 Å². The van der Waals surface area contributed by atoms with E-state index >= 15 is 0 Å². The molecule has 1 heterocycles. The quantitative estimate of drug-likeness (QED) is 0.854. The summed E-state index contributed by atoms with van der Waals surface area (Å²) in [5.41, 5.74) is 1.43. The van der Waals surface area contributed by atoms with Crippen molar-refractivity contribution >= 4 is 21.4 Å². The maximum absolute atomic E-state index is 12.8. The highest BCUT2D eigenvalue weighted by molar-refractivity contribution is 7.91. The monoisotopic (exact) mass is 329 g/mol. The number of benzene rings is 1. The Bertz CT molecular complexity index is 695. The molecule has 0 radical (unpaired) electrons. The number of hydrogen-bond acceptors (Lipinski definition) is 4. The Morgan fingerprint density at radius 3 is 2.52 bits per heavy atom. The summed E-state index contributed by atoms with van der Waals surface area (Å²) in [6.07, 6.45) is 0.470. The van der Waals surface area contributed by atoms with Gasteiger partial charge in [-0.1, -0.05) is 12.1 Å². The second kappa shape index (κ2) is 6.65. The summed E-state index contributed by atoms with van der Waals surface area (Å²) in [6.45, 7) is 1.57. The molecular formula is C14H16FNO3S2. The van der Waals surface area contributed by atoms with Crippen molar-refractivity contribution in [2.24, 2.45) is 0 Å². The van der Waals surface area contributed by atoms with Crippen molar-refractivity contribution in [3.05, 3.63) is 52.7 Å². The fraction of sp³-hybridized carbons (Fsp3) is 0.286. The summed E-state index contributed by atoms with van der Waals surface area (Å²) in [4.78, 5) is 0. The predicted octanol–water partition coefficient (Wildman–Crippen LogP) is 2.29. The zero-order valence-corrected chi connectivity index (χ0v) is 13.0. The molecule has 0 saturated carbocycles. The van der Waals surface area contributed by atoms with Gasteiger partial charge < -0.3 is 5.11 Å². The Morgan fingerprint density at radius 1 is 1.29 bits per heavy atom. The standard InChI is InChI=1S/C14H16FNO3S2/c1-10(6-11-2-4-13(15)5-3-11)16-21(18,19)14-7-12(8-17)9-20-14/h2-5,7,9-10,16-17H,6,8H2,1H3. The molecular weight excluding hydrogens is 313 g/mol. The lowest BCUT2D eigenvalue weighted by Crippen LogP contribution is -2.33. The van der Waals surface area contributed by atoms with Crippen molar-refractivity contribution in [2.75, 3.05) is 0 Å². The lowest BCUT2D eigenvalue weighted by Gasteiger charge is -2.13. The molecule has 0 amide bonds. The van der Waals surface area contributed by atoms with E-state index in [4.69, 9.17) is 5.11 Å². The van der Waals surface area contributed by atoms with Crippen LogP contribution in [-0.2, 0) is 23.1 Å². The molecule has 0 aliphatic carbocycles. The lowest BCUT2D eigenvalue weighted by atomic mass is 10.1. The van der Waals surface area contributed by atoms with Gasteiger partial charge in [0.2, 0.25) is 10.0 Å². The van der Waals surface area contributed by atoms with E-state index in [2.05, 4.69) is 4.72 Å². The minimum absolute atomic E-state index is 0.178. The van der Waals surface area contributed by atoms with Crippen LogP contribution in [0, 0.1) is 5.82 Å².